The number of hydrogen-bond donors (Lipinski definition) is 3. The lowest BCUT2D eigenvalue weighted by atomic mass is 9.95. The average molecular weight is 537 g/mol. The third kappa shape index (κ3) is 5.99. The molecule has 0 aliphatic carbocycles. The van der Waals surface area contributed by atoms with Crippen molar-refractivity contribution in [3.63, 3.8) is 0 Å². The van der Waals surface area contributed by atoms with Crippen LogP contribution in [0.4, 0.5) is 13.2 Å². The second-order valence-electron chi connectivity index (χ2n) is 9.00. The van der Waals surface area contributed by atoms with Gasteiger partial charge in [0.05, 0.1) is 12.2 Å². The van der Waals surface area contributed by atoms with Crippen molar-refractivity contribution in [2.45, 2.75) is 42.6 Å². The number of methoxy groups -OCH3 is 1. The van der Waals surface area contributed by atoms with Crippen LogP contribution in [-0.4, -0.2) is 91.9 Å². The maximum atomic E-state index is 13.6. The molecule has 1 aromatic rings. The molecule has 2 heterocycles. The van der Waals surface area contributed by atoms with E-state index in [1.807, 2.05) is 4.90 Å². The van der Waals surface area contributed by atoms with E-state index in [0.29, 0.717) is 26.2 Å². The lowest BCUT2D eigenvalue weighted by molar-refractivity contribution is -0.137. The van der Waals surface area contributed by atoms with Crippen LogP contribution in [0.15, 0.2) is 24.3 Å². The molecule has 0 unspecified atom stereocenters. The van der Waals surface area contributed by atoms with Gasteiger partial charge in [-0.1, -0.05) is 0 Å². The summed E-state index contributed by atoms with van der Waals surface area (Å²) in [6.07, 6.45) is -3.95. The zero-order valence-electron chi connectivity index (χ0n) is 19.9. The van der Waals surface area contributed by atoms with Crippen molar-refractivity contribution in [2.24, 2.45) is 0 Å². The monoisotopic (exact) mass is 536 g/mol. The highest BCUT2D eigenvalue weighted by molar-refractivity contribution is 7.91. The van der Waals surface area contributed by atoms with Crippen LogP contribution < -0.4 is 10.8 Å². The number of hydrogen-bond acceptors (Lipinski definition) is 7. The first-order valence-corrected chi connectivity index (χ1v) is 13.0. The lowest BCUT2D eigenvalue weighted by Crippen LogP contribution is -2.62. The number of nitrogens with one attached hydrogen (secondary N) is 2. The van der Waals surface area contributed by atoms with Crippen molar-refractivity contribution in [1.29, 1.82) is 0 Å². The number of piperidine rings is 2. The normalized spacial score (nSPS) is 20.1. The predicted molar refractivity (Wildman–Crippen MR) is 123 cm³/mol. The summed E-state index contributed by atoms with van der Waals surface area (Å²) in [5, 5.41) is 12.0. The van der Waals surface area contributed by atoms with Crippen LogP contribution in [0.25, 0.3) is 0 Å². The Morgan fingerprint density at radius 1 is 1.11 bits per heavy atom. The smallest absolute Gasteiger partial charge is 0.383 e. The third-order valence-electron chi connectivity index (χ3n) is 6.89. The average Bonchev–Trinajstić information content (AvgIpc) is 2.87. The molecule has 2 fully saturated rings. The molecule has 0 aromatic heterocycles. The number of hydroxylamine groups is 1. The van der Waals surface area contributed by atoms with Crippen LogP contribution in [0.5, 0.6) is 0 Å². The van der Waals surface area contributed by atoms with E-state index in [9.17, 15) is 36.4 Å². The van der Waals surface area contributed by atoms with Crippen LogP contribution in [-0.2, 0) is 25.7 Å². The summed E-state index contributed by atoms with van der Waals surface area (Å²) in [5.41, 5.74) is 0.738. The molecule has 14 heteroatoms. The quantitative estimate of drug-likeness (QED) is 0.337. The van der Waals surface area contributed by atoms with E-state index in [1.54, 1.807) is 7.11 Å². The maximum absolute atomic E-state index is 13.6. The molecular formula is C22H31F3N4O6S. The number of alkyl halides is 3. The third-order valence-corrected chi connectivity index (χ3v) is 9.51. The van der Waals surface area contributed by atoms with Crippen molar-refractivity contribution >= 4 is 21.8 Å². The largest absolute Gasteiger partial charge is 0.416 e. The van der Waals surface area contributed by atoms with Crippen LogP contribution >= 0.6 is 0 Å². The Labute approximate surface area is 207 Å². The number of sulfonamides is 1. The standard InChI is InChI=1S/C22H31F3N4O6S/c1-35-15-14-28-12-8-21(9-13-28,20(31)27-32)36(33,34)29-10-6-18(7-11-29)26-19(30)16-2-4-17(5-3-16)22(23,24)25/h2-5,18,32H,6-15H2,1H3,(H,26,30)(H,27,31). The zero-order chi connectivity index (χ0) is 26.6. The minimum atomic E-state index is -4.50. The number of rotatable bonds is 8. The Bertz CT molecular complexity index is 1020. The molecule has 0 bridgehead atoms. The second-order valence-corrected chi connectivity index (χ2v) is 11.2. The van der Waals surface area contributed by atoms with E-state index in [0.717, 1.165) is 24.3 Å². The van der Waals surface area contributed by atoms with Gasteiger partial charge < -0.3 is 15.0 Å². The fraction of sp³-hybridized carbons (Fsp3) is 0.636. The molecular weight excluding hydrogens is 505 g/mol. The second kappa shape index (κ2) is 11.4. The SMILES string of the molecule is COCCN1CCC(C(=O)NO)(S(=O)(=O)N2CCC(NC(=O)c3ccc(C(F)(F)F)cc3)CC2)CC1. The van der Waals surface area contributed by atoms with Gasteiger partial charge in [0.1, 0.15) is 0 Å². The van der Waals surface area contributed by atoms with Crippen molar-refractivity contribution < 1.29 is 41.1 Å². The molecule has 10 nitrogen and oxygen atoms in total. The molecule has 3 rings (SSSR count). The first-order chi connectivity index (χ1) is 16.9. The molecule has 0 radical (unpaired) electrons. The van der Waals surface area contributed by atoms with E-state index in [4.69, 9.17) is 4.74 Å². The summed E-state index contributed by atoms with van der Waals surface area (Å²) in [6.45, 7) is 1.85. The molecule has 1 aromatic carbocycles. The molecule has 202 valence electrons. The molecule has 3 N–H and O–H groups in total. The van der Waals surface area contributed by atoms with Gasteiger partial charge in [-0.25, -0.2) is 18.2 Å². The molecule has 2 amide bonds. The molecule has 36 heavy (non-hydrogen) atoms. The topological polar surface area (TPSA) is 128 Å². The van der Waals surface area contributed by atoms with Crippen LogP contribution in [0, 0.1) is 0 Å². The molecule has 2 aliphatic rings. The number of benzene rings is 1. The highest BCUT2D eigenvalue weighted by atomic mass is 32.2. The number of carbonyl (C=O) groups is 2. The van der Waals surface area contributed by atoms with E-state index in [-0.39, 0.29) is 50.4 Å². The van der Waals surface area contributed by atoms with Gasteiger partial charge in [0, 0.05) is 51.4 Å². The molecule has 0 spiro atoms. The highest BCUT2D eigenvalue weighted by Crippen LogP contribution is 2.35. The number of halogens is 3. The molecule has 2 aliphatic heterocycles. The Morgan fingerprint density at radius 3 is 2.19 bits per heavy atom. The van der Waals surface area contributed by atoms with E-state index < -0.39 is 38.3 Å². The Balaban J connectivity index is 1.62. The van der Waals surface area contributed by atoms with Gasteiger partial charge in [-0.2, -0.15) is 13.2 Å². The maximum Gasteiger partial charge on any atom is 0.416 e. The minimum Gasteiger partial charge on any atom is -0.383 e. The Kier molecular flexibility index (Phi) is 8.98. The molecule has 0 saturated carbocycles. The van der Waals surface area contributed by atoms with Crippen LogP contribution in [0.1, 0.15) is 41.6 Å². The summed E-state index contributed by atoms with van der Waals surface area (Å²) in [4.78, 5) is 27.1. The number of nitrogens with zero attached hydrogens (tertiary/aromatic N) is 2. The van der Waals surface area contributed by atoms with E-state index in [2.05, 4.69) is 5.32 Å². The van der Waals surface area contributed by atoms with Crippen molar-refractivity contribution in [3.05, 3.63) is 35.4 Å². The Morgan fingerprint density at radius 2 is 1.69 bits per heavy atom. The predicted octanol–water partition coefficient (Wildman–Crippen LogP) is 1.22. The summed E-state index contributed by atoms with van der Waals surface area (Å²) >= 11 is 0. The van der Waals surface area contributed by atoms with Gasteiger partial charge >= 0.3 is 6.18 Å². The van der Waals surface area contributed by atoms with Crippen molar-refractivity contribution in [1.82, 2.24) is 20.0 Å². The van der Waals surface area contributed by atoms with Gasteiger partial charge in [-0.05, 0) is 49.9 Å². The van der Waals surface area contributed by atoms with Crippen molar-refractivity contribution in [3.8, 4) is 0 Å². The summed E-state index contributed by atoms with van der Waals surface area (Å²) in [5.74, 6) is -1.52. The molecule has 0 atom stereocenters. The van der Waals surface area contributed by atoms with Crippen LogP contribution in [0.3, 0.4) is 0 Å². The Hall–Kier alpha value is -2.26. The summed E-state index contributed by atoms with van der Waals surface area (Å²) in [6, 6.07) is 3.46. The van der Waals surface area contributed by atoms with Gasteiger partial charge in [0.15, 0.2) is 4.75 Å². The zero-order valence-corrected chi connectivity index (χ0v) is 20.7. The lowest BCUT2D eigenvalue weighted by Gasteiger charge is -2.43. The number of likely N-dealkylation sites (tertiary alicyclic amines) is 1. The van der Waals surface area contributed by atoms with Gasteiger partial charge in [-0.15, -0.1) is 0 Å². The van der Waals surface area contributed by atoms with Gasteiger partial charge in [0.2, 0.25) is 10.0 Å². The van der Waals surface area contributed by atoms with E-state index in [1.165, 1.54) is 9.79 Å². The summed E-state index contributed by atoms with van der Waals surface area (Å²) < 4.78 is 69.8. The summed E-state index contributed by atoms with van der Waals surface area (Å²) in [7, 11) is -2.58. The van der Waals surface area contributed by atoms with Gasteiger partial charge in [-0.3, -0.25) is 14.8 Å². The first-order valence-electron chi connectivity index (χ1n) is 11.6. The fourth-order valence-electron chi connectivity index (χ4n) is 4.63. The van der Waals surface area contributed by atoms with Crippen molar-refractivity contribution in [2.75, 3.05) is 46.4 Å². The van der Waals surface area contributed by atoms with Crippen LogP contribution in [0.2, 0.25) is 0 Å². The number of amides is 2. The molecule has 2 saturated heterocycles. The number of ether oxygens (including phenoxy) is 1. The van der Waals surface area contributed by atoms with Gasteiger partial charge in [0.25, 0.3) is 11.8 Å². The number of carbonyl (C=O) groups excluding carboxylic acids is 2. The first kappa shape index (κ1) is 28.3. The highest BCUT2D eigenvalue weighted by Gasteiger charge is 2.55. The van der Waals surface area contributed by atoms with E-state index >= 15 is 0 Å². The fourth-order valence-corrected chi connectivity index (χ4v) is 6.79. The minimum absolute atomic E-state index is 0.00995.